The molecule has 0 saturated heterocycles. The molecule has 0 aliphatic carbocycles. The molecule has 0 bridgehead atoms. The van der Waals surface area contributed by atoms with E-state index in [0.717, 1.165) is 33.8 Å². The number of aldehydes is 1. The standard InChI is InChI=1S/C16H12BrNO/c17-14-6-7-15-13(11-19)10-18(16(15)8-14)9-12-4-2-1-3-5-12/h1-8,10-11H,9H2. The molecule has 0 aliphatic rings. The van der Waals surface area contributed by atoms with E-state index in [9.17, 15) is 4.79 Å². The van der Waals surface area contributed by atoms with Gasteiger partial charge >= 0.3 is 0 Å². The van der Waals surface area contributed by atoms with Crippen LogP contribution in [0.25, 0.3) is 10.9 Å². The van der Waals surface area contributed by atoms with E-state index < -0.39 is 0 Å². The molecule has 0 atom stereocenters. The largest absolute Gasteiger partial charge is 0.342 e. The highest BCUT2D eigenvalue weighted by Gasteiger charge is 2.08. The van der Waals surface area contributed by atoms with Crippen LogP contribution in [-0.4, -0.2) is 10.9 Å². The van der Waals surface area contributed by atoms with Gasteiger partial charge in [-0.2, -0.15) is 0 Å². The first-order valence-corrected chi connectivity index (χ1v) is 6.85. The van der Waals surface area contributed by atoms with Crippen LogP contribution < -0.4 is 0 Å². The van der Waals surface area contributed by atoms with Crippen molar-refractivity contribution in [1.82, 2.24) is 4.57 Å². The van der Waals surface area contributed by atoms with Gasteiger partial charge in [-0.3, -0.25) is 4.79 Å². The van der Waals surface area contributed by atoms with E-state index in [-0.39, 0.29) is 0 Å². The van der Waals surface area contributed by atoms with Gasteiger partial charge in [-0.25, -0.2) is 0 Å². The third-order valence-corrected chi connectivity index (χ3v) is 3.69. The molecular formula is C16H12BrNO. The number of hydrogen-bond donors (Lipinski definition) is 0. The molecule has 94 valence electrons. The number of hydrogen-bond acceptors (Lipinski definition) is 1. The van der Waals surface area contributed by atoms with E-state index in [2.05, 4.69) is 32.6 Å². The van der Waals surface area contributed by atoms with Crippen LogP contribution in [0.2, 0.25) is 0 Å². The van der Waals surface area contributed by atoms with Crippen LogP contribution in [0.3, 0.4) is 0 Å². The summed E-state index contributed by atoms with van der Waals surface area (Å²) in [5, 5.41) is 0.995. The van der Waals surface area contributed by atoms with Crippen LogP contribution in [-0.2, 0) is 6.54 Å². The van der Waals surface area contributed by atoms with Gasteiger partial charge in [0.15, 0.2) is 6.29 Å². The Morgan fingerprint density at radius 1 is 1.11 bits per heavy atom. The fraction of sp³-hybridized carbons (Fsp3) is 0.0625. The van der Waals surface area contributed by atoms with Gasteiger partial charge in [0.05, 0.1) is 5.52 Å². The van der Waals surface area contributed by atoms with Gasteiger partial charge < -0.3 is 4.57 Å². The number of rotatable bonds is 3. The fourth-order valence-corrected chi connectivity index (χ4v) is 2.65. The van der Waals surface area contributed by atoms with E-state index in [4.69, 9.17) is 0 Å². The highest BCUT2D eigenvalue weighted by molar-refractivity contribution is 9.10. The number of aromatic nitrogens is 1. The van der Waals surface area contributed by atoms with Crippen LogP contribution in [0.5, 0.6) is 0 Å². The van der Waals surface area contributed by atoms with Crippen molar-refractivity contribution in [2.45, 2.75) is 6.54 Å². The van der Waals surface area contributed by atoms with Gasteiger partial charge in [0.25, 0.3) is 0 Å². The van der Waals surface area contributed by atoms with Crippen molar-refractivity contribution in [3.05, 3.63) is 70.3 Å². The molecule has 0 amide bonds. The van der Waals surface area contributed by atoms with E-state index in [1.54, 1.807) is 0 Å². The normalized spacial score (nSPS) is 10.8. The zero-order valence-electron chi connectivity index (χ0n) is 10.2. The van der Waals surface area contributed by atoms with Crippen LogP contribution in [0.4, 0.5) is 0 Å². The zero-order valence-corrected chi connectivity index (χ0v) is 11.8. The van der Waals surface area contributed by atoms with Gasteiger partial charge in [-0.1, -0.05) is 52.3 Å². The summed E-state index contributed by atoms with van der Waals surface area (Å²) in [6.07, 6.45) is 2.83. The molecule has 0 radical (unpaired) electrons. The summed E-state index contributed by atoms with van der Waals surface area (Å²) >= 11 is 3.48. The van der Waals surface area contributed by atoms with Crippen molar-refractivity contribution in [2.75, 3.05) is 0 Å². The molecule has 0 saturated carbocycles. The maximum absolute atomic E-state index is 11.1. The summed E-state index contributed by atoms with van der Waals surface area (Å²) in [5.74, 6) is 0. The van der Waals surface area contributed by atoms with Crippen molar-refractivity contribution >= 4 is 33.1 Å². The van der Waals surface area contributed by atoms with Gasteiger partial charge in [-0.15, -0.1) is 0 Å². The van der Waals surface area contributed by atoms with Crippen LogP contribution in [0.1, 0.15) is 15.9 Å². The summed E-state index contributed by atoms with van der Waals surface area (Å²) in [6.45, 7) is 0.766. The zero-order chi connectivity index (χ0) is 13.2. The summed E-state index contributed by atoms with van der Waals surface area (Å²) < 4.78 is 3.13. The summed E-state index contributed by atoms with van der Waals surface area (Å²) in [6, 6.07) is 16.2. The lowest BCUT2D eigenvalue weighted by Gasteiger charge is -2.05. The SMILES string of the molecule is O=Cc1cn(Cc2ccccc2)c2cc(Br)ccc12. The molecule has 1 aromatic heterocycles. The predicted molar refractivity (Wildman–Crippen MR) is 80.6 cm³/mol. The van der Waals surface area contributed by atoms with E-state index in [1.807, 2.05) is 42.6 Å². The molecule has 2 nitrogen and oxygen atoms in total. The molecule has 1 heterocycles. The average Bonchev–Trinajstić information content (AvgIpc) is 2.77. The molecule has 3 rings (SSSR count). The third kappa shape index (κ3) is 2.34. The number of fused-ring (bicyclic) bond motifs is 1. The first kappa shape index (κ1) is 12.2. The number of benzene rings is 2. The van der Waals surface area contributed by atoms with Crippen molar-refractivity contribution in [1.29, 1.82) is 0 Å². The third-order valence-electron chi connectivity index (χ3n) is 3.20. The van der Waals surface area contributed by atoms with Crippen molar-refractivity contribution < 1.29 is 4.79 Å². The van der Waals surface area contributed by atoms with Crippen molar-refractivity contribution in [2.24, 2.45) is 0 Å². The Labute approximate surface area is 119 Å². The number of halogens is 1. The van der Waals surface area contributed by atoms with Crippen LogP contribution >= 0.6 is 15.9 Å². The van der Waals surface area contributed by atoms with E-state index >= 15 is 0 Å². The second kappa shape index (κ2) is 5.02. The number of carbonyl (C=O) groups is 1. The highest BCUT2D eigenvalue weighted by atomic mass is 79.9. The minimum Gasteiger partial charge on any atom is -0.342 e. The van der Waals surface area contributed by atoms with Gasteiger partial charge in [0.1, 0.15) is 0 Å². The predicted octanol–water partition coefficient (Wildman–Crippen LogP) is 4.26. The lowest BCUT2D eigenvalue weighted by Crippen LogP contribution is -1.97. The van der Waals surface area contributed by atoms with Gasteiger partial charge in [-0.05, 0) is 17.7 Å². The molecule has 3 aromatic rings. The Morgan fingerprint density at radius 3 is 2.63 bits per heavy atom. The van der Waals surface area contributed by atoms with Crippen molar-refractivity contribution in [3.8, 4) is 0 Å². The smallest absolute Gasteiger partial charge is 0.152 e. The van der Waals surface area contributed by atoms with Crippen molar-refractivity contribution in [3.63, 3.8) is 0 Å². The molecule has 0 aliphatic heterocycles. The second-order valence-corrected chi connectivity index (χ2v) is 5.39. The van der Waals surface area contributed by atoms with Crippen LogP contribution in [0.15, 0.2) is 59.2 Å². The first-order valence-electron chi connectivity index (χ1n) is 6.05. The monoisotopic (exact) mass is 313 g/mol. The minimum atomic E-state index is 0.735. The molecular weight excluding hydrogens is 302 g/mol. The van der Waals surface area contributed by atoms with Crippen LogP contribution in [0, 0.1) is 0 Å². The lowest BCUT2D eigenvalue weighted by atomic mass is 10.2. The van der Waals surface area contributed by atoms with Gasteiger partial charge in [0, 0.05) is 28.2 Å². The Bertz CT molecular complexity index is 731. The molecule has 0 spiro atoms. The summed E-state index contributed by atoms with van der Waals surface area (Å²) in [7, 11) is 0. The average molecular weight is 314 g/mol. The fourth-order valence-electron chi connectivity index (χ4n) is 2.30. The molecule has 3 heteroatoms. The molecule has 2 aromatic carbocycles. The second-order valence-electron chi connectivity index (χ2n) is 4.48. The topological polar surface area (TPSA) is 22.0 Å². The minimum absolute atomic E-state index is 0.735. The first-order chi connectivity index (χ1) is 9.28. The molecule has 0 N–H and O–H groups in total. The molecule has 0 fully saturated rings. The van der Waals surface area contributed by atoms with E-state index in [1.165, 1.54) is 5.56 Å². The molecule has 19 heavy (non-hydrogen) atoms. The maximum atomic E-state index is 11.1. The Balaban J connectivity index is 2.13. The molecule has 0 unspecified atom stereocenters. The Kier molecular flexibility index (Phi) is 3.22. The summed E-state index contributed by atoms with van der Waals surface area (Å²) in [4.78, 5) is 11.1. The maximum Gasteiger partial charge on any atom is 0.152 e. The number of nitrogens with zero attached hydrogens (tertiary/aromatic N) is 1. The lowest BCUT2D eigenvalue weighted by molar-refractivity contribution is 0.112. The highest BCUT2D eigenvalue weighted by Crippen LogP contribution is 2.25. The summed E-state index contributed by atoms with van der Waals surface area (Å²) in [5.41, 5.74) is 3.02. The van der Waals surface area contributed by atoms with Gasteiger partial charge in [0.2, 0.25) is 0 Å². The Morgan fingerprint density at radius 2 is 1.89 bits per heavy atom. The Hall–Kier alpha value is -1.87. The number of carbonyl (C=O) groups excluding carboxylic acids is 1. The van der Waals surface area contributed by atoms with E-state index in [0.29, 0.717) is 0 Å². The quantitative estimate of drug-likeness (QED) is 0.662.